The summed E-state index contributed by atoms with van der Waals surface area (Å²) in [6.07, 6.45) is 2.59. The van der Waals surface area contributed by atoms with Crippen LogP contribution in [0.5, 0.6) is 0 Å². The number of hydrogen-bond donors (Lipinski definition) is 2. The largest absolute Gasteiger partial charge is 0.374 e. The Morgan fingerprint density at radius 1 is 1.50 bits per heavy atom. The summed E-state index contributed by atoms with van der Waals surface area (Å²) in [5.41, 5.74) is 7.49. The van der Waals surface area contributed by atoms with Crippen LogP contribution in [-0.2, 0) is 0 Å². The van der Waals surface area contributed by atoms with Crippen molar-refractivity contribution in [2.45, 2.75) is 33.2 Å². The Morgan fingerprint density at radius 3 is 2.80 bits per heavy atom. The Labute approximate surface area is 121 Å². The first-order chi connectivity index (χ1) is 9.45. The van der Waals surface area contributed by atoms with Crippen molar-refractivity contribution in [1.82, 2.24) is 10.3 Å². The zero-order chi connectivity index (χ0) is 15.1. The summed E-state index contributed by atoms with van der Waals surface area (Å²) < 4.78 is 0. The van der Waals surface area contributed by atoms with Crippen molar-refractivity contribution in [2.75, 3.05) is 25.0 Å². The van der Waals surface area contributed by atoms with Gasteiger partial charge in [-0.3, -0.25) is 9.78 Å². The highest BCUT2D eigenvalue weighted by atomic mass is 16.1. The first-order valence-corrected chi connectivity index (χ1v) is 7.16. The number of anilines is 1. The standard InChI is InChI=1S/C15H26N4O/c1-5-17-15(20)14-10-12(6-8-18-14)19(4)9-7-13(16)11(2)3/h6,8,10-11,13H,5,7,9,16H2,1-4H3,(H,17,20). The number of rotatable bonds is 7. The fourth-order valence-corrected chi connectivity index (χ4v) is 1.84. The summed E-state index contributed by atoms with van der Waals surface area (Å²) in [7, 11) is 2.00. The third-order valence-electron chi connectivity index (χ3n) is 3.41. The monoisotopic (exact) mass is 278 g/mol. The number of aromatic nitrogens is 1. The molecule has 0 saturated heterocycles. The molecule has 1 amide bonds. The maximum Gasteiger partial charge on any atom is 0.269 e. The van der Waals surface area contributed by atoms with E-state index in [9.17, 15) is 4.79 Å². The lowest BCUT2D eigenvalue weighted by molar-refractivity contribution is 0.0951. The number of nitrogens with one attached hydrogen (secondary N) is 1. The molecule has 5 nitrogen and oxygen atoms in total. The highest BCUT2D eigenvalue weighted by Crippen LogP contribution is 2.14. The maximum atomic E-state index is 11.8. The van der Waals surface area contributed by atoms with Crippen molar-refractivity contribution in [3.63, 3.8) is 0 Å². The van der Waals surface area contributed by atoms with Crippen LogP contribution in [0.15, 0.2) is 18.3 Å². The first-order valence-electron chi connectivity index (χ1n) is 7.16. The van der Waals surface area contributed by atoms with Gasteiger partial charge < -0.3 is 16.0 Å². The van der Waals surface area contributed by atoms with Crippen LogP contribution in [0.25, 0.3) is 0 Å². The minimum absolute atomic E-state index is 0.137. The predicted octanol–water partition coefficient (Wildman–Crippen LogP) is 1.64. The Kier molecular flexibility index (Phi) is 6.45. The number of nitrogens with two attached hydrogens (primary N) is 1. The topological polar surface area (TPSA) is 71.2 Å². The molecular weight excluding hydrogens is 252 g/mol. The molecule has 0 aromatic carbocycles. The Hall–Kier alpha value is -1.62. The Morgan fingerprint density at radius 2 is 2.20 bits per heavy atom. The van der Waals surface area contributed by atoms with Crippen molar-refractivity contribution in [2.24, 2.45) is 11.7 Å². The summed E-state index contributed by atoms with van der Waals surface area (Å²) in [5, 5.41) is 2.75. The fraction of sp³-hybridized carbons (Fsp3) is 0.600. The minimum Gasteiger partial charge on any atom is -0.374 e. The second kappa shape index (κ2) is 7.85. The normalized spacial score (nSPS) is 12.3. The first kappa shape index (κ1) is 16.4. The molecule has 20 heavy (non-hydrogen) atoms. The Balaban J connectivity index is 2.66. The van der Waals surface area contributed by atoms with Gasteiger partial charge in [-0.2, -0.15) is 0 Å². The smallest absolute Gasteiger partial charge is 0.269 e. The predicted molar refractivity (Wildman–Crippen MR) is 82.9 cm³/mol. The lowest BCUT2D eigenvalue weighted by Crippen LogP contribution is -2.32. The van der Waals surface area contributed by atoms with Gasteiger partial charge in [0.1, 0.15) is 5.69 Å². The van der Waals surface area contributed by atoms with Gasteiger partial charge in [-0.05, 0) is 31.4 Å². The zero-order valence-electron chi connectivity index (χ0n) is 12.9. The third-order valence-corrected chi connectivity index (χ3v) is 3.41. The molecule has 0 radical (unpaired) electrons. The van der Waals surface area contributed by atoms with Crippen LogP contribution >= 0.6 is 0 Å². The van der Waals surface area contributed by atoms with E-state index in [2.05, 4.69) is 29.0 Å². The van der Waals surface area contributed by atoms with E-state index in [0.29, 0.717) is 18.2 Å². The van der Waals surface area contributed by atoms with E-state index in [4.69, 9.17) is 5.73 Å². The van der Waals surface area contributed by atoms with Gasteiger partial charge in [-0.1, -0.05) is 13.8 Å². The van der Waals surface area contributed by atoms with E-state index >= 15 is 0 Å². The van der Waals surface area contributed by atoms with E-state index in [1.807, 2.05) is 26.1 Å². The van der Waals surface area contributed by atoms with E-state index in [1.165, 1.54) is 0 Å². The van der Waals surface area contributed by atoms with Crippen molar-refractivity contribution < 1.29 is 4.79 Å². The van der Waals surface area contributed by atoms with E-state index < -0.39 is 0 Å². The number of carbonyl (C=O) groups is 1. The second-order valence-corrected chi connectivity index (χ2v) is 5.38. The van der Waals surface area contributed by atoms with Crippen molar-refractivity contribution in [1.29, 1.82) is 0 Å². The average molecular weight is 278 g/mol. The molecule has 0 aliphatic rings. The van der Waals surface area contributed by atoms with Gasteiger partial charge in [-0.25, -0.2) is 0 Å². The molecule has 3 N–H and O–H groups in total. The highest BCUT2D eigenvalue weighted by Gasteiger charge is 2.11. The average Bonchev–Trinajstić information content (AvgIpc) is 2.44. The van der Waals surface area contributed by atoms with Gasteiger partial charge in [0.2, 0.25) is 0 Å². The molecule has 0 bridgehead atoms. The van der Waals surface area contributed by atoms with E-state index in [-0.39, 0.29) is 11.9 Å². The van der Waals surface area contributed by atoms with E-state index in [0.717, 1.165) is 18.7 Å². The third kappa shape index (κ3) is 4.81. The van der Waals surface area contributed by atoms with Gasteiger partial charge in [0.25, 0.3) is 5.91 Å². The zero-order valence-corrected chi connectivity index (χ0v) is 12.9. The second-order valence-electron chi connectivity index (χ2n) is 5.38. The SMILES string of the molecule is CCNC(=O)c1cc(N(C)CCC(N)C(C)C)ccn1. The number of hydrogen-bond acceptors (Lipinski definition) is 4. The summed E-state index contributed by atoms with van der Waals surface area (Å²) in [6, 6.07) is 3.91. The molecule has 0 saturated carbocycles. The maximum absolute atomic E-state index is 11.8. The molecule has 1 unspecified atom stereocenters. The van der Waals surface area contributed by atoms with Crippen molar-refractivity contribution >= 4 is 11.6 Å². The lowest BCUT2D eigenvalue weighted by Gasteiger charge is -2.23. The van der Waals surface area contributed by atoms with Crippen LogP contribution in [0.3, 0.4) is 0 Å². The lowest BCUT2D eigenvalue weighted by atomic mass is 10.0. The highest BCUT2D eigenvalue weighted by molar-refractivity contribution is 5.93. The number of carbonyl (C=O) groups excluding carboxylic acids is 1. The van der Waals surface area contributed by atoms with Crippen LogP contribution in [0.1, 0.15) is 37.7 Å². The molecular formula is C15H26N4O. The molecule has 1 rings (SSSR count). The molecule has 0 aliphatic carbocycles. The van der Waals surface area contributed by atoms with Crippen LogP contribution in [0.2, 0.25) is 0 Å². The molecule has 1 aromatic rings. The number of nitrogens with zero attached hydrogens (tertiary/aromatic N) is 2. The summed E-state index contributed by atoms with van der Waals surface area (Å²) in [4.78, 5) is 18.0. The molecule has 1 aromatic heterocycles. The van der Waals surface area contributed by atoms with Crippen LogP contribution in [-0.4, -0.2) is 37.1 Å². The van der Waals surface area contributed by atoms with Gasteiger partial charge in [0.05, 0.1) is 0 Å². The molecule has 112 valence electrons. The van der Waals surface area contributed by atoms with Crippen LogP contribution in [0.4, 0.5) is 5.69 Å². The Bertz CT molecular complexity index is 434. The molecule has 0 aliphatic heterocycles. The molecule has 5 heteroatoms. The summed E-state index contributed by atoms with van der Waals surface area (Å²) >= 11 is 0. The quantitative estimate of drug-likeness (QED) is 0.795. The molecule has 0 fully saturated rings. The summed E-state index contributed by atoms with van der Waals surface area (Å²) in [5.74, 6) is 0.341. The van der Waals surface area contributed by atoms with E-state index in [1.54, 1.807) is 6.20 Å². The number of pyridine rings is 1. The molecule has 1 heterocycles. The van der Waals surface area contributed by atoms with Gasteiger partial charge in [0.15, 0.2) is 0 Å². The van der Waals surface area contributed by atoms with Gasteiger partial charge in [0, 0.05) is 38.1 Å². The molecule has 1 atom stereocenters. The minimum atomic E-state index is -0.137. The van der Waals surface area contributed by atoms with Crippen molar-refractivity contribution in [3.05, 3.63) is 24.0 Å². The van der Waals surface area contributed by atoms with Crippen LogP contribution < -0.4 is 16.0 Å². The van der Waals surface area contributed by atoms with Gasteiger partial charge in [-0.15, -0.1) is 0 Å². The van der Waals surface area contributed by atoms with Gasteiger partial charge >= 0.3 is 0 Å². The fourth-order valence-electron chi connectivity index (χ4n) is 1.84. The van der Waals surface area contributed by atoms with Crippen molar-refractivity contribution in [3.8, 4) is 0 Å². The molecule has 0 spiro atoms. The van der Waals surface area contributed by atoms with Crippen LogP contribution in [0, 0.1) is 5.92 Å². The number of amides is 1. The summed E-state index contributed by atoms with van der Waals surface area (Å²) in [6.45, 7) is 7.61.